The van der Waals surface area contributed by atoms with E-state index in [1.165, 1.54) is 25.5 Å². The summed E-state index contributed by atoms with van der Waals surface area (Å²) in [6, 6.07) is 5.45. The van der Waals surface area contributed by atoms with Crippen LogP contribution in [-0.4, -0.2) is 38.8 Å². The summed E-state index contributed by atoms with van der Waals surface area (Å²) in [5.41, 5.74) is -1.18. The zero-order valence-electron chi connectivity index (χ0n) is 14.2. The predicted molar refractivity (Wildman–Crippen MR) is 86.4 cm³/mol. The summed E-state index contributed by atoms with van der Waals surface area (Å²) in [5.74, 6) is -1.81. The second-order valence-corrected chi connectivity index (χ2v) is 5.15. The summed E-state index contributed by atoms with van der Waals surface area (Å²) in [7, 11) is 1.44. The van der Waals surface area contributed by atoms with Gasteiger partial charge in [-0.3, -0.25) is 4.79 Å². The smallest absolute Gasteiger partial charge is 0.416 e. The van der Waals surface area contributed by atoms with Crippen molar-refractivity contribution in [3.05, 3.63) is 47.9 Å². The van der Waals surface area contributed by atoms with E-state index in [0.717, 1.165) is 18.2 Å². The Balaban J connectivity index is 2.06. The zero-order chi connectivity index (χ0) is 19.9. The average molecular weight is 387 g/mol. The second kappa shape index (κ2) is 9.08. The maximum Gasteiger partial charge on any atom is 0.416 e. The van der Waals surface area contributed by atoms with E-state index in [1.54, 1.807) is 0 Å². The molecule has 2 aromatic rings. The minimum Gasteiger partial charge on any atom is -0.489 e. The molecule has 0 spiro atoms. The first-order chi connectivity index (χ1) is 12.8. The normalized spacial score (nSPS) is 11.1. The highest BCUT2D eigenvalue weighted by Crippen LogP contribution is 2.35. The molecule has 0 bridgehead atoms. The summed E-state index contributed by atoms with van der Waals surface area (Å²) >= 11 is 0. The molecule has 146 valence electrons. The van der Waals surface area contributed by atoms with Crippen LogP contribution in [0.15, 0.2) is 41.0 Å². The molecule has 1 heterocycles. The lowest BCUT2D eigenvalue weighted by atomic mass is 10.1. The van der Waals surface area contributed by atoms with E-state index in [4.69, 9.17) is 18.6 Å². The van der Waals surface area contributed by atoms with Crippen LogP contribution in [0.5, 0.6) is 5.75 Å². The van der Waals surface area contributed by atoms with Crippen molar-refractivity contribution in [3.63, 3.8) is 0 Å². The number of rotatable bonds is 8. The fourth-order valence-corrected chi connectivity index (χ4v) is 1.95. The van der Waals surface area contributed by atoms with Gasteiger partial charge < -0.3 is 23.9 Å². The van der Waals surface area contributed by atoms with Gasteiger partial charge in [0.05, 0.1) is 24.1 Å². The van der Waals surface area contributed by atoms with E-state index in [9.17, 15) is 22.8 Å². The Labute approximate surface area is 152 Å². The number of alkyl halides is 3. The third-order valence-corrected chi connectivity index (χ3v) is 3.18. The average Bonchev–Trinajstić information content (AvgIpc) is 3.15. The van der Waals surface area contributed by atoms with Gasteiger partial charge in [-0.2, -0.15) is 13.2 Å². The molecule has 2 rings (SSSR count). The number of esters is 1. The summed E-state index contributed by atoms with van der Waals surface area (Å²) in [4.78, 5) is 23.6. The van der Waals surface area contributed by atoms with E-state index >= 15 is 0 Å². The van der Waals surface area contributed by atoms with Gasteiger partial charge in [-0.05, 0) is 30.3 Å². The van der Waals surface area contributed by atoms with Crippen molar-refractivity contribution in [1.82, 2.24) is 0 Å². The maximum absolute atomic E-state index is 12.9. The lowest BCUT2D eigenvalue weighted by molar-refractivity contribution is -0.137. The zero-order valence-corrected chi connectivity index (χ0v) is 14.2. The number of methoxy groups -OCH3 is 1. The largest absolute Gasteiger partial charge is 0.489 e. The first kappa shape index (κ1) is 20.3. The molecule has 0 unspecified atom stereocenters. The van der Waals surface area contributed by atoms with Crippen LogP contribution in [0.25, 0.3) is 0 Å². The van der Waals surface area contributed by atoms with Crippen molar-refractivity contribution in [2.45, 2.75) is 6.18 Å². The van der Waals surface area contributed by atoms with Gasteiger partial charge in [0.1, 0.15) is 12.4 Å². The van der Waals surface area contributed by atoms with E-state index in [0.29, 0.717) is 0 Å². The molecule has 1 amide bonds. The molecule has 0 radical (unpaired) electrons. The van der Waals surface area contributed by atoms with Crippen LogP contribution in [-0.2, 0) is 20.4 Å². The molecule has 1 N–H and O–H groups in total. The van der Waals surface area contributed by atoms with Crippen molar-refractivity contribution < 1.29 is 41.4 Å². The van der Waals surface area contributed by atoms with Crippen molar-refractivity contribution in [3.8, 4) is 5.75 Å². The number of ether oxygens (including phenoxy) is 3. The molecule has 27 heavy (non-hydrogen) atoms. The monoisotopic (exact) mass is 387 g/mol. The number of carbonyl (C=O) groups excluding carboxylic acids is 2. The van der Waals surface area contributed by atoms with Gasteiger partial charge in [0.15, 0.2) is 6.61 Å². The van der Waals surface area contributed by atoms with Gasteiger partial charge in [-0.1, -0.05) is 0 Å². The van der Waals surface area contributed by atoms with Gasteiger partial charge in [-0.25, -0.2) is 4.79 Å². The molecule has 0 atom stereocenters. The highest BCUT2D eigenvalue weighted by Gasteiger charge is 2.31. The Morgan fingerprint density at radius 2 is 1.96 bits per heavy atom. The molecular formula is C17H16F3NO6. The Kier molecular flexibility index (Phi) is 6.83. The molecule has 0 aliphatic carbocycles. The van der Waals surface area contributed by atoms with Crippen molar-refractivity contribution in [2.24, 2.45) is 0 Å². The Morgan fingerprint density at radius 3 is 2.59 bits per heavy atom. The van der Waals surface area contributed by atoms with Crippen molar-refractivity contribution in [1.29, 1.82) is 0 Å². The summed E-state index contributed by atoms with van der Waals surface area (Å²) in [6.45, 7) is -0.444. The van der Waals surface area contributed by atoms with E-state index in [1.807, 2.05) is 0 Å². The first-order valence-electron chi connectivity index (χ1n) is 7.64. The van der Waals surface area contributed by atoms with Gasteiger partial charge in [-0.15, -0.1) is 0 Å². The minimum absolute atomic E-state index is 0.0192. The molecule has 0 saturated heterocycles. The third-order valence-electron chi connectivity index (χ3n) is 3.18. The van der Waals surface area contributed by atoms with E-state index in [2.05, 4.69) is 5.32 Å². The lowest BCUT2D eigenvalue weighted by Gasteiger charge is -2.15. The number of hydrogen-bond acceptors (Lipinski definition) is 6. The van der Waals surface area contributed by atoms with Crippen LogP contribution in [0.2, 0.25) is 0 Å². The van der Waals surface area contributed by atoms with Crippen LogP contribution >= 0.6 is 0 Å². The van der Waals surface area contributed by atoms with Gasteiger partial charge in [0, 0.05) is 7.11 Å². The second-order valence-electron chi connectivity index (χ2n) is 5.15. The Hall–Kier alpha value is -3.01. The number of halogens is 3. The molecule has 0 aliphatic heterocycles. The Morgan fingerprint density at radius 1 is 1.19 bits per heavy atom. The number of carbonyl (C=O) groups is 2. The molecule has 0 aliphatic rings. The maximum atomic E-state index is 12.9. The van der Waals surface area contributed by atoms with Crippen molar-refractivity contribution in [2.75, 3.05) is 32.2 Å². The van der Waals surface area contributed by atoms with Crippen LogP contribution in [0.1, 0.15) is 16.1 Å². The van der Waals surface area contributed by atoms with Crippen LogP contribution in [0.3, 0.4) is 0 Å². The van der Waals surface area contributed by atoms with Gasteiger partial charge >= 0.3 is 12.1 Å². The van der Waals surface area contributed by atoms with E-state index < -0.39 is 30.2 Å². The number of anilines is 1. The van der Waals surface area contributed by atoms with Crippen molar-refractivity contribution >= 4 is 17.6 Å². The molecule has 0 fully saturated rings. The highest BCUT2D eigenvalue weighted by molar-refractivity contribution is 5.95. The molecular weight excluding hydrogens is 371 g/mol. The highest BCUT2D eigenvalue weighted by atomic mass is 19.4. The Bertz CT molecular complexity index is 773. The van der Waals surface area contributed by atoms with Crippen LogP contribution in [0.4, 0.5) is 18.9 Å². The lowest BCUT2D eigenvalue weighted by Crippen LogP contribution is -2.21. The minimum atomic E-state index is -4.60. The summed E-state index contributed by atoms with van der Waals surface area (Å²) < 4.78 is 58.3. The number of furan rings is 1. The topological polar surface area (TPSA) is 87.0 Å². The molecule has 7 nitrogen and oxygen atoms in total. The first-order valence-corrected chi connectivity index (χ1v) is 7.64. The SMILES string of the molecule is COCCOc1ccc(C(F)(F)F)cc1NC(=O)COC(=O)c1ccco1. The van der Waals surface area contributed by atoms with Gasteiger partial charge in [0.25, 0.3) is 5.91 Å². The number of amides is 1. The quantitative estimate of drug-likeness (QED) is 0.553. The standard InChI is InChI=1S/C17H16F3NO6/c1-24-7-8-26-13-5-4-11(17(18,19)20)9-12(13)21-15(22)10-27-16(23)14-3-2-6-25-14/h2-6,9H,7-8,10H2,1H3,(H,21,22). The fraction of sp³-hybridized carbons (Fsp3) is 0.294. The molecule has 1 aromatic heterocycles. The molecule has 1 aromatic carbocycles. The predicted octanol–water partition coefficient (Wildman–Crippen LogP) is 3.12. The van der Waals surface area contributed by atoms with E-state index in [-0.39, 0.29) is 30.4 Å². The van der Waals surface area contributed by atoms with Gasteiger partial charge in [0.2, 0.25) is 5.76 Å². The number of nitrogens with one attached hydrogen (secondary N) is 1. The summed E-state index contributed by atoms with van der Waals surface area (Å²) in [6.07, 6.45) is -3.35. The fourth-order valence-electron chi connectivity index (χ4n) is 1.95. The number of benzene rings is 1. The third kappa shape index (κ3) is 6.03. The van der Waals surface area contributed by atoms with Crippen LogP contribution < -0.4 is 10.1 Å². The van der Waals surface area contributed by atoms with Crippen LogP contribution in [0, 0.1) is 0 Å². The summed E-state index contributed by atoms with van der Waals surface area (Å²) in [5, 5.41) is 2.24. The number of hydrogen-bond donors (Lipinski definition) is 1. The molecule has 0 saturated carbocycles. The molecule has 10 heteroatoms.